The molecule has 3 aromatic rings. The van der Waals surface area contributed by atoms with Gasteiger partial charge in [0, 0.05) is 17.7 Å². The van der Waals surface area contributed by atoms with Crippen molar-refractivity contribution < 1.29 is 4.79 Å². The van der Waals surface area contributed by atoms with Crippen molar-refractivity contribution in [2.24, 2.45) is 0 Å². The summed E-state index contributed by atoms with van der Waals surface area (Å²) >= 11 is 0. The highest BCUT2D eigenvalue weighted by molar-refractivity contribution is 6.06. The minimum absolute atomic E-state index is 0.155. The molecule has 0 saturated carbocycles. The number of aryl methyl sites for hydroxylation is 1. The van der Waals surface area contributed by atoms with Crippen LogP contribution in [0.5, 0.6) is 0 Å². The van der Waals surface area contributed by atoms with E-state index >= 15 is 0 Å². The number of hydrogen-bond acceptors (Lipinski definition) is 2. The molecule has 0 aliphatic rings. The second-order valence-corrected chi connectivity index (χ2v) is 5.11. The number of fused-ring (bicyclic) bond motifs is 1. The Morgan fingerprint density at radius 1 is 1.09 bits per heavy atom. The number of hydrogen-bond donors (Lipinski definition) is 1. The average Bonchev–Trinajstić information content (AvgIpc) is 2.53. The normalized spacial score (nSPS) is 11.0. The van der Waals surface area contributed by atoms with Crippen molar-refractivity contribution >= 4 is 28.6 Å². The molecule has 1 aromatic heterocycles. The fourth-order valence-electron chi connectivity index (χ4n) is 2.32. The van der Waals surface area contributed by atoms with Gasteiger partial charge in [-0.15, -0.1) is 0 Å². The predicted octanol–water partition coefficient (Wildman–Crippen LogP) is 4.20. The summed E-state index contributed by atoms with van der Waals surface area (Å²) in [5.41, 5.74) is 3.81. The number of amides is 1. The molecule has 0 aliphatic heterocycles. The Bertz CT molecular complexity index is 847. The zero-order chi connectivity index (χ0) is 15.4. The standard InChI is InChI=1S/C19H16N2O/c1-14-5-4-6-15(13-14)9-10-19(22)21-18-11-12-20-17-8-3-2-7-16(17)18/h2-13H,1H3,(H,20,21,22). The predicted molar refractivity (Wildman–Crippen MR) is 90.6 cm³/mol. The van der Waals surface area contributed by atoms with E-state index in [2.05, 4.69) is 10.3 Å². The number of carbonyl (C=O) groups is 1. The molecule has 0 radical (unpaired) electrons. The number of rotatable bonds is 3. The number of nitrogens with one attached hydrogen (secondary N) is 1. The largest absolute Gasteiger partial charge is 0.322 e. The van der Waals surface area contributed by atoms with Crippen LogP contribution in [0.4, 0.5) is 5.69 Å². The monoisotopic (exact) mass is 288 g/mol. The van der Waals surface area contributed by atoms with Gasteiger partial charge in [-0.05, 0) is 30.7 Å². The molecule has 2 aromatic carbocycles. The minimum atomic E-state index is -0.155. The smallest absolute Gasteiger partial charge is 0.248 e. The summed E-state index contributed by atoms with van der Waals surface area (Å²) in [7, 11) is 0. The lowest BCUT2D eigenvalue weighted by Gasteiger charge is -2.06. The Morgan fingerprint density at radius 3 is 2.82 bits per heavy atom. The van der Waals surface area contributed by atoms with Gasteiger partial charge in [0.1, 0.15) is 0 Å². The first kappa shape index (κ1) is 14.0. The van der Waals surface area contributed by atoms with E-state index in [0.717, 1.165) is 22.2 Å². The van der Waals surface area contributed by atoms with Crippen LogP contribution >= 0.6 is 0 Å². The van der Waals surface area contributed by atoms with Gasteiger partial charge in [0.15, 0.2) is 0 Å². The molecule has 0 aliphatic carbocycles. The van der Waals surface area contributed by atoms with Gasteiger partial charge in [0.25, 0.3) is 0 Å². The van der Waals surface area contributed by atoms with E-state index in [1.165, 1.54) is 5.56 Å². The molecule has 1 amide bonds. The van der Waals surface area contributed by atoms with Crippen molar-refractivity contribution in [3.63, 3.8) is 0 Å². The molecule has 108 valence electrons. The molecular formula is C19H16N2O. The summed E-state index contributed by atoms with van der Waals surface area (Å²) in [6, 6.07) is 17.5. The highest BCUT2D eigenvalue weighted by Crippen LogP contribution is 2.20. The molecule has 0 spiro atoms. The number of para-hydroxylation sites is 1. The molecule has 0 bridgehead atoms. The molecule has 0 saturated heterocycles. The first-order valence-corrected chi connectivity index (χ1v) is 7.12. The van der Waals surface area contributed by atoms with Crippen LogP contribution in [0.15, 0.2) is 66.9 Å². The lowest BCUT2D eigenvalue weighted by molar-refractivity contribution is -0.111. The number of nitrogens with zero attached hydrogens (tertiary/aromatic N) is 1. The maximum Gasteiger partial charge on any atom is 0.248 e. The van der Waals surface area contributed by atoms with E-state index in [1.807, 2.05) is 61.5 Å². The van der Waals surface area contributed by atoms with Crippen LogP contribution in [0.25, 0.3) is 17.0 Å². The van der Waals surface area contributed by atoms with Crippen molar-refractivity contribution in [2.75, 3.05) is 5.32 Å². The molecule has 1 heterocycles. The van der Waals surface area contributed by atoms with E-state index in [9.17, 15) is 4.79 Å². The lowest BCUT2D eigenvalue weighted by Crippen LogP contribution is -2.08. The van der Waals surface area contributed by atoms with Gasteiger partial charge in [-0.1, -0.05) is 48.0 Å². The summed E-state index contributed by atoms with van der Waals surface area (Å²) in [6.07, 6.45) is 5.05. The molecule has 3 rings (SSSR count). The third kappa shape index (κ3) is 3.20. The van der Waals surface area contributed by atoms with Gasteiger partial charge in [-0.2, -0.15) is 0 Å². The highest BCUT2D eigenvalue weighted by atomic mass is 16.1. The van der Waals surface area contributed by atoms with Crippen LogP contribution in [0, 0.1) is 6.92 Å². The third-order valence-electron chi connectivity index (χ3n) is 3.38. The van der Waals surface area contributed by atoms with Crippen molar-refractivity contribution in [1.82, 2.24) is 4.98 Å². The number of anilines is 1. The van der Waals surface area contributed by atoms with E-state index in [1.54, 1.807) is 18.3 Å². The zero-order valence-electron chi connectivity index (χ0n) is 12.3. The van der Waals surface area contributed by atoms with Crippen LogP contribution in [0.2, 0.25) is 0 Å². The van der Waals surface area contributed by atoms with Crippen LogP contribution in [-0.2, 0) is 4.79 Å². The first-order chi connectivity index (χ1) is 10.7. The Labute approximate surface area is 129 Å². The van der Waals surface area contributed by atoms with E-state index in [0.29, 0.717) is 0 Å². The van der Waals surface area contributed by atoms with E-state index in [4.69, 9.17) is 0 Å². The lowest BCUT2D eigenvalue weighted by atomic mass is 10.1. The zero-order valence-corrected chi connectivity index (χ0v) is 12.3. The number of pyridine rings is 1. The molecule has 1 N–H and O–H groups in total. The fraction of sp³-hybridized carbons (Fsp3) is 0.0526. The van der Waals surface area contributed by atoms with Gasteiger partial charge in [0.05, 0.1) is 11.2 Å². The molecule has 22 heavy (non-hydrogen) atoms. The molecule has 0 atom stereocenters. The number of benzene rings is 2. The van der Waals surface area contributed by atoms with Crippen molar-refractivity contribution in [3.05, 3.63) is 78.0 Å². The SMILES string of the molecule is Cc1cccc(C=CC(=O)Nc2ccnc3ccccc23)c1. The second-order valence-electron chi connectivity index (χ2n) is 5.11. The van der Waals surface area contributed by atoms with Crippen molar-refractivity contribution in [2.45, 2.75) is 6.92 Å². The third-order valence-corrected chi connectivity index (χ3v) is 3.38. The molecule has 3 heteroatoms. The fourth-order valence-corrected chi connectivity index (χ4v) is 2.32. The van der Waals surface area contributed by atoms with Gasteiger partial charge in [0.2, 0.25) is 5.91 Å². The second kappa shape index (κ2) is 6.22. The topological polar surface area (TPSA) is 42.0 Å². The minimum Gasteiger partial charge on any atom is -0.322 e. The summed E-state index contributed by atoms with van der Waals surface area (Å²) in [5.74, 6) is -0.155. The average molecular weight is 288 g/mol. The van der Waals surface area contributed by atoms with E-state index in [-0.39, 0.29) is 5.91 Å². The van der Waals surface area contributed by atoms with Gasteiger partial charge in [-0.3, -0.25) is 9.78 Å². The Hall–Kier alpha value is -2.94. The van der Waals surface area contributed by atoms with Crippen LogP contribution < -0.4 is 5.32 Å². The summed E-state index contributed by atoms with van der Waals surface area (Å²) in [4.78, 5) is 16.4. The van der Waals surface area contributed by atoms with Crippen LogP contribution in [0.3, 0.4) is 0 Å². The number of aromatic nitrogens is 1. The molecular weight excluding hydrogens is 272 g/mol. The Kier molecular flexibility index (Phi) is 3.97. The van der Waals surface area contributed by atoms with Gasteiger partial charge in [-0.25, -0.2) is 0 Å². The van der Waals surface area contributed by atoms with Gasteiger partial charge < -0.3 is 5.32 Å². The van der Waals surface area contributed by atoms with Crippen LogP contribution in [0.1, 0.15) is 11.1 Å². The summed E-state index contributed by atoms with van der Waals surface area (Å²) in [6.45, 7) is 2.03. The first-order valence-electron chi connectivity index (χ1n) is 7.12. The molecule has 0 unspecified atom stereocenters. The maximum absolute atomic E-state index is 12.1. The van der Waals surface area contributed by atoms with Crippen molar-refractivity contribution in [1.29, 1.82) is 0 Å². The van der Waals surface area contributed by atoms with E-state index < -0.39 is 0 Å². The maximum atomic E-state index is 12.1. The van der Waals surface area contributed by atoms with Gasteiger partial charge >= 0.3 is 0 Å². The summed E-state index contributed by atoms with van der Waals surface area (Å²) in [5, 5.41) is 3.84. The quantitative estimate of drug-likeness (QED) is 0.734. The Balaban J connectivity index is 1.79. The Morgan fingerprint density at radius 2 is 1.95 bits per heavy atom. The summed E-state index contributed by atoms with van der Waals surface area (Å²) < 4.78 is 0. The van der Waals surface area contributed by atoms with Crippen molar-refractivity contribution in [3.8, 4) is 0 Å². The molecule has 0 fully saturated rings. The number of carbonyl (C=O) groups excluding carboxylic acids is 1. The molecule has 3 nitrogen and oxygen atoms in total. The highest BCUT2D eigenvalue weighted by Gasteiger charge is 2.03. The van der Waals surface area contributed by atoms with Crippen LogP contribution in [-0.4, -0.2) is 10.9 Å².